The van der Waals surface area contributed by atoms with Crippen LogP contribution in [0.2, 0.25) is 0 Å². The normalized spacial score (nSPS) is 12.8. The third-order valence-corrected chi connectivity index (χ3v) is 6.01. The van der Waals surface area contributed by atoms with Crippen LogP contribution >= 0.6 is 0 Å². The van der Waals surface area contributed by atoms with E-state index in [9.17, 15) is 19.5 Å². The lowest BCUT2D eigenvalue weighted by atomic mass is 9.98. The van der Waals surface area contributed by atoms with Crippen LogP contribution in [0.4, 0.5) is 10.6 Å². The average molecular weight is 475 g/mol. The Bertz CT molecular complexity index is 1240. The van der Waals surface area contributed by atoms with Gasteiger partial charge in [0.05, 0.1) is 6.20 Å². The number of amides is 2. The number of fused-ring (bicyclic) bond motifs is 3. The number of aromatic nitrogens is 2. The van der Waals surface area contributed by atoms with Gasteiger partial charge in [0.15, 0.2) is 0 Å². The van der Waals surface area contributed by atoms with E-state index in [4.69, 9.17) is 4.74 Å². The molecule has 0 radical (unpaired) electrons. The highest BCUT2D eigenvalue weighted by molar-refractivity contribution is 6.02. The van der Waals surface area contributed by atoms with Crippen LogP contribution < -0.4 is 10.6 Å². The summed E-state index contributed by atoms with van der Waals surface area (Å²) in [5, 5.41) is 18.4. The van der Waals surface area contributed by atoms with E-state index < -0.39 is 24.0 Å². The van der Waals surface area contributed by atoms with Gasteiger partial charge in [-0.15, -0.1) is 6.58 Å². The predicted molar refractivity (Wildman–Crippen MR) is 130 cm³/mol. The molecule has 9 nitrogen and oxygen atoms in total. The Balaban J connectivity index is 1.44. The first-order valence-electron chi connectivity index (χ1n) is 11.2. The number of carboxylic acid groups (broad SMARTS) is 1. The zero-order valence-electron chi connectivity index (χ0n) is 19.2. The van der Waals surface area contributed by atoms with Gasteiger partial charge < -0.3 is 15.2 Å². The van der Waals surface area contributed by atoms with Crippen molar-refractivity contribution >= 4 is 23.8 Å². The van der Waals surface area contributed by atoms with Crippen LogP contribution in [0.5, 0.6) is 0 Å². The molecule has 3 N–H and O–H groups in total. The smallest absolute Gasteiger partial charge is 0.412 e. The molecule has 0 fully saturated rings. The molecule has 0 bridgehead atoms. The molecule has 1 aromatic heterocycles. The number of allylic oxidation sites excluding steroid dienone is 1. The Kier molecular flexibility index (Phi) is 6.96. The molecule has 180 valence electrons. The lowest BCUT2D eigenvalue weighted by molar-refractivity contribution is -0.139. The van der Waals surface area contributed by atoms with E-state index in [1.165, 1.54) is 10.9 Å². The Hall–Kier alpha value is -4.40. The molecule has 1 heterocycles. The topological polar surface area (TPSA) is 123 Å². The summed E-state index contributed by atoms with van der Waals surface area (Å²) >= 11 is 0. The number of benzene rings is 2. The number of hydrogen-bond donors (Lipinski definition) is 3. The summed E-state index contributed by atoms with van der Waals surface area (Å²) in [6.07, 6.45) is 2.72. The van der Waals surface area contributed by atoms with Gasteiger partial charge in [-0.05, 0) is 35.1 Å². The fraction of sp³-hybridized carbons (Fsp3) is 0.231. The van der Waals surface area contributed by atoms with Crippen LogP contribution in [0.1, 0.15) is 40.2 Å². The molecule has 1 aliphatic rings. The largest absolute Gasteiger partial charge is 0.480 e. The minimum atomic E-state index is -1.16. The summed E-state index contributed by atoms with van der Waals surface area (Å²) in [6, 6.07) is 14.9. The summed E-state index contributed by atoms with van der Waals surface area (Å²) in [5.41, 5.74) is 4.44. The molecular weight excluding hydrogens is 448 g/mol. The number of hydrogen-bond acceptors (Lipinski definition) is 5. The maximum absolute atomic E-state index is 12.7. The molecule has 4 rings (SSSR count). The molecule has 9 heteroatoms. The number of carbonyl (C=O) groups is 3. The van der Waals surface area contributed by atoms with E-state index in [1.807, 2.05) is 48.5 Å². The van der Waals surface area contributed by atoms with Crippen molar-refractivity contribution in [1.29, 1.82) is 0 Å². The SMILES string of the molecule is C=CCCC(NC(=O)c1cnn(C)c1NC(=O)OCC1c2ccccc2-c2ccccc21)C(=O)O. The molecule has 1 unspecified atom stereocenters. The van der Waals surface area contributed by atoms with E-state index >= 15 is 0 Å². The van der Waals surface area contributed by atoms with E-state index in [0.717, 1.165) is 22.3 Å². The predicted octanol–water partition coefficient (Wildman–Crippen LogP) is 3.93. The molecule has 0 saturated carbocycles. The molecule has 35 heavy (non-hydrogen) atoms. The molecular formula is C26H26N4O5. The van der Waals surface area contributed by atoms with Gasteiger partial charge in [-0.1, -0.05) is 54.6 Å². The first-order valence-corrected chi connectivity index (χ1v) is 11.2. The number of carboxylic acids is 1. The lowest BCUT2D eigenvalue weighted by Crippen LogP contribution is -2.40. The van der Waals surface area contributed by atoms with Gasteiger partial charge in [0.2, 0.25) is 0 Å². The van der Waals surface area contributed by atoms with Crippen LogP contribution in [0.3, 0.4) is 0 Å². The van der Waals surface area contributed by atoms with Crippen molar-refractivity contribution < 1.29 is 24.2 Å². The fourth-order valence-electron chi connectivity index (χ4n) is 4.26. The highest BCUT2D eigenvalue weighted by Gasteiger charge is 2.29. The monoisotopic (exact) mass is 474 g/mol. The van der Waals surface area contributed by atoms with Crippen molar-refractivity contribution in [3.05, 3.63) is 84.1 Å². The standard InChI is InChI=1S/C26H26N4O5/c1-3-4-13-22(25(32)33)28-24(31)20-14-27-30(2)23(20)29-26(34)35-15-21-18-11-7-5-9-16(18)17-10-6-8-12-19(17)21/h3,5-12,14,21-22H,1,4,13,15H2,2H3,(H,28,31)(H,29,34)(H,32,33). The molecule has 3 aromatic rings. The highest BCUT2D eigenvalue weighted by atomic mass is 16.5. The van der Waals surface area contributed by atoms with Gasteiger partial charge in [0, 0.05) is 13.0 Å². The van der Waals surface area contributed by atoms with Gasteiger partial charge in [-0.3, -0.25) is 14.8 Å². The number of nitrogens with zero attached hydrogens (tertiary/aromatic N) is 2. The van der Waals surface area contributed by atoms with E-state index in [-0.39, 0.29) is 30.3 Å². The van der Waals surface area contributed by atoms with Crippen molar-refractivity contribution in [2.45, 2.75) is 24.8 Å². The number of carbonyl (C=O) groups excluding carboxylic acids is 2. The van der Waals surface area contributed by atoms with Gasteiger partial charge in [0.25, 0.3) is 5.91 Å². The number of aliphatic carboxylic acids is 1. The van der Waals surface area contributed by atoms with E-state index in [0.29, 0.717) is 6.42 Å². The Labute approximate surface area is 202 Å². The third kappa shape index (κ3) is 4.93. The Morgan fingerprint density at radius 3 is 2.37 bits per heavy atom. The molecule has 0 aliphatic heterocycles. The average Bonchev–Trinajstić information content (AvgIpc) is 3.37. The fourth-order valence-corrected chi connectivity index (χ4v) is 4.26. The van der Waals surface area contributed by atoms with Crippen LogP contribution in [-0.2, 0) is 16.6 Å². The Morgan fingerprint density at radius 1 is 1.14 bits per heavy atom. The molecule has 1 atom stereocenters. The summed E-state index contributed by atoms with van der Waals surface area (Å²) in [6.45, 7) is 3.68. The van der Waals surface area contributed by atoms with Gasteiger partial charge in [0.1, 0.15) is 24.0 Å². The van der Waals surface area contributed by atoms with Crippen LogP contribution in [0, 0.1) is 0 Å². The minimum absolute atomic E-state index is 0.0332. The van der Waals surface area contributed by atoms with Crippen LogP contribution in [0.25, 0.3) is 11.1 Å². The lowest BCUT2D eigenvalue weighted by Gasteiger charge is -2.16. The van der Waals surface area contributed by atoms with Gasteiger partial charge >= 0.3 is 12.1 Å². The second kappa shape index (κ2) is 10.3. The molecule has 2 amide bonds. The molecule has 0 spiro atoms. The summed E-state index contributed by atoms with van der Waals surface area (Å²) < 4.78 is 6.86. The third-order valence-electron chi connectivity index (χ3n) is 6.01. The number of nitrogens with one attached hydrogen (secondary N) is 2. The van der Waals surface area contributed by atoms with Gasteiger partial charge in [-0.2, -0.15) is 5.10 Å². The summed E-state index contributed by atoms with van der Waals surface area (Å²) in [7, 11) is 1.56. The maximum atomic E-state index is 12.7. The molecule has 0 saturated heterocycles. The summed E-state index contributed by atoms with van der Waals surface area (Å²) in [4.78, 5) is 36.9. The quantitative estimate of drug-likeness (QED) is 0.404. The summed E-state index contributed by atoms with van der Waals surface area (Å²) in [5.74, 6) is -1.82. The van der Waals surface area contributed by atoms with Crippen molar-refractivity contribution in [2.75, 3.05) is 11.9 Å². The maximum Gasteiger partial charge on any atom is 0.412 e. The first kappa shape index (κ1) is 23.7. The number of ether oxygens (including phenoxy) is 1. The zero-order valence-corrected chi connectivity index (χ0v) is 19.2. The van der Waals surface area contributed by atoms with Crippen molar-refractivity contribution in [2.24, 2.45) is 7.05 Å². The van der Waals surface area contributed by atoms with Crippen molar-refractivity contribution in [1.82, 2.24) is 15.1 Å². The molecule has 2 aromatic carbocycles. The van der Waals surface area contributed by atoms with E-state index in [1.54, 1.807) is 13.1 Å². The Morgan fingerprint density at radius 2 is 1.77 bits per heavy atom. The van der Waals surface area contributed by atoms with Crippen LogP contribution in [0.15, 0.2) is 67.4 Å². The van der Waals surface area contributed by atoms with Crippen LogP contribution in [-0.4, -0.2) is 45.5 Å². The van der Waals surface area contributed by atoms with E-state index in [2.05, 4.69) is 22.3 Å². The van der Waals surface area contributed by atoms with Crippen molar-refractivity contribution in [3.8, 4) is 11.1 Å². The number of anilines is 1. The number of rotatable bonds is 9. The van der Waals surface area contributed by atoms with Gasteiger partial charge in [-0.25, -0.2) is 9.59 Å². The second-order valence-electron chi connectivity index (χ2n) is 8.21. The first-order chi connectivity index (χ1) is 16.9. The zero-order chi connectivity index (χ0) is 24.9. The minimum Gasteiger partial charge on any atom is -0.480 e. The number of aryl methyl sites for hydroxylation is 1. The second-order valence-corrected chi connectivity index (χ2v) is 8.21. The molecule has 1 aliphatic carbocycles. The highest BCUT2D eigenvalue weighted by Crippen LogP contribution is 2.44. The van der Waals surface area contributed by atoms with Crippen molar-refractivity contribution in [3.63, 3.8) is 0 Å².